The topological polar surface area (TPSA) is 93.1 Å². The van der Waals surface area contributed by atoms with Crippen molar-refractivity contribution in [1.29, 1.82) is 0 Å². The molecular formula is C12H16O6. The van der Waals surface area contributed by atoms with Crippen LogP contribution in [0.4, 0.5) is 9.59 Å². The molecule has 0 aliphatic heterocycles. The number of hydrogen-bond donors (Lipinski definition) is 2. The standard InChI is InChI=1S/C7H8.C5H8O6/c1-7-5-3-2-4-6-7;1-3(11-5(8)9)2-10-4(6)7/h2-6H,1H3;3H,2H2,1H3,(H,6,7)(H,8,9). The van der Waals surface area contributed by atoms with Crippen molar-refractivity contribution in [1.82, 2.24) is 0 Å². The molecule has 0 saturated heterocycles. The van der Waals surface area contributed by atoms with Crippen LogP contribution in [0.3, 0.4) is 0 Å². The Labute approximate surface area is 105 Å². The highest BCUT2D eigenvalue weighted by atomic mass is 16.7. The molecule has 0 fully saturated rings. The van der Waals surface area contributed by atoms with E-state index in [2.05, 4.69) is 28.5 Å². The van der Waals surface area contributed by atoms with Crippen LogP contribution in [-0.4, -0.2) is 35.2 Å². The van der Waals surface area contributed by atoms with Crippen molar-refractivity contribution in [3.8, 4) is 0 Å². The summed E-state index contributed by atoms with van der Waals surface area (Å²) in [6.45, 7) is 3.18. The van der Waals surface area contributed by atoms with Gasteiger partial charge < -0.3 is 19.7 Å². The van der Waals surface area contributed by atoms with Gasteiger partial charge in [-0.25, -0.2) is 9.59 Å². The van der Waals surface area contributed by atoms with Gasteiger partial charge in [-0.1, -0.05) is 35.9 Å². The maximum absolute atomic E-state index is 9.83. The maximum atomic E-state index is 9.83. The van der Waals surface area contributed by atoms with E-state index in [0.717, 1.165) is 0 Å². The molecule has 0 saturated carbocycles. The Morgan fingerprint density at radius 2 is 1.72 bits per heavy atom. The third kappa shape index (κ3) is 10.3. The highest BCUT2D eigenvalue weighted by Gasteiger charge is 2.09. The lowest BCUT2D eigenvalue weighted by Gasteiger charge is -2.08. The molecule has 0 spiro atoms. The first kappa shape index (κ1) is 15.8. The lowest BCUT2D eigenvalue weighted by Crippen LogP contribution is -2.20. The summed E-state index contributed by atoms with van der Waals surface area (Å²) in [4.78, 5) is 19.6. The van der Waals surface area contributed by atoms with Gasteiger partial charge in [-0.2, -0.15) is 0 Å². The maximum Gasteiger partial charge on any atom is 0.506 e. The van der Waals surface area contributed by atoms with Crippen LogP contribution in [0.5, 0.6) is 0 Å². The number of carboxylic acid groups (broad SMARTS) is 2. The van der Waals surface area contributed by atoms with E-state index in [1.54, 1.807) is 0 Å². The van der Waals surface area contributed by atoms with Crippen LogP contribution in [0.25, 0.3) is 0 Å². The normalized spacial score (nSPS) is 10.6. The average Bonchev–Trinajstić information content (AvgIpc) is 2.27. The molecule has 0 bridgehead atoms. The summed E-state index contributed by atoms with van der Waals surface area (Å²) >= 11 is 0. The highest BCUT2D eigenvalue weighted by Crippen LogP contribution is 1.92. The van der Waals surface area contributed by atoms with Crippen molar-refractivity contribution in [3.05, 3.63) is 35.9 Å². The van der Waals surface area contributed by atoms with Crippen molar-refractivity contribution in [3.63, 3.8) is 0 Å². The van der Waals surface area contributed by atoms with E-state index in [4.69, 9.17) is 10.2 Å². The number of benzene rings is 1. The number of rotatable bonds is 3. The zero-order chi connectivity index (χ0) is 14.0. The Morgan fingerprint density at radius 3 is 2.06 bits per heavy atom. The molecule has 1 aromatic rings. The fraction of sp³-hybridized carbons (Fsp3) is 0.333. The minimum Gasteiger partial charge on any atom is -0.450 e. The molecule has 2 N–H and O–H groups in total. The Balaban J connectivity index is 0.000000351. The van der Waals surface area contributed by atoms with E-state index < -0.39 is 18.4 Å². The SMILES string of the molecule is CC(COC(=O)O)OC(=O)O.Cc1ccccc1. The van der Waals surface area contributed by atoms with Crippen molar-refractivity contribution in [2.45, 2.75) is 20.0 Å². The summed E-state index contributed by atoms with van der Waals surface area (Å²) in [7, 11) is 0. The summed E-state index contributed by atoms with van der Waals surface area (Å²) in [5.74, 6) is 0. The molecular weight excluding hydrogens is 240 g/mol. The number of hydrogen-bond acceptors (Lipinski definition) is 4. The minimum atomic E-state index is -1.45. The van der Waals surface area contributed by atoms with Gasteiger partial charge in [0.2, 0.25) is 0 Å². The summed E-state index contributed by atoms with van der Waals surface area (Å²) in [5, 5.41) is 16.0. The smallest absolute Gasteiger partial charge is 0.450 e. The molecule has 6 nitrogen and oxygen atoms in total. The van der Waals surface area contributed by atoms with E-state index >= 15 is 0 Å². The molecule has 0 aromatic heterocycles. The fourth-order valence-corrected chi connectivity index (χ4v) is 0.929. The fourth-order valence-electron chi connectivity index (χ4n) is 0.929. The molecule has 1 unspecified atom stereocenters. The van der Waals surface area contributed by atoms with Gasteiger partial charge >= 0.3 is 12.3 Å². The molecule has 0 amide bonds. The number of aryl methyl sites for hydroxylation is 1. The second-order valence-corrected chi connectivity index (χ2v) is 3.43. The Kier molecular flexibility index (Phi) is 7.76. The molecule has 18 heavy (non-hydrogen) atoms. The summed E-state index contributed by atoms with van der Waals surface area (Å²) in [6, 6.07) is 10.3. The van der Waals surface area contributed by atoms with E-state index in [1.807, 2.05) is 18.2 Å². The first-order valence-electron chi connectivity index (χ1n) is 5.18. The molecule has 100 valence electrons. The van der Waals surface area contributed by atoms with Gasteiger partial charge in [-0.3, -0.25) is 0 Å². The monoisotopic (exact) mass is 256 g/mol. The quantitative estimate of drug-likeness (QED) is 0.808. The van der Waals surface area contributed by atoms with E-state index in [0.29, 0.717) is 0 Å². The predicted molar refractivity (Wildman–Crippen MR) is 63.7 cm³/mol. The summed E-state index contributed by atoms with van der Waals surface area (Å²) < 4.78 is 8.16. The van der Waals surface area contributed by atoms with Gasteiger partial charge in [0.1, 0.15) is 12.7 Å². The summed E-state index contributed by atoms with van der Waals surface area (Å²) in [6.07, 6.45) is -3.68. The van der Waals surface area contributed by atoms with Gasteiger partial charge in [0, 0.05) is 0 Å². The molecule has 0 aliphatic carbocycles. The van der Waals surface area contributed by atoms with Crippen LogP contribution in [0.1, 0.15) is 12.5 Å². The van der Waals surface area contributed by atoms with Crippen LogP contribution in [0, 0.1) is 6.92 Å². The van der Waals surface area contributed by atoms with Crippen molar-refractivity contribution in [2.24, 2.45) is 0 Å². The lowest BCUT2D eigenvalue weighted by atomic mass is 10.2. The van der Waals surface area contributed by atoms with Crippen molar-refractivity contribution in [2.75, 3.05) is 6.61 Å². The van der Waals surface area contributed by atoms with Crippen LogP contribution < -0.4 is 0 Å². The van der Waals surface area contributed by atoms with Gasteiger partial charge in [-0.15, -0.1) is 0 Å². The Bertz CT molecular complexity index is 362. The minimum absolute atomic E-state index is 0.290. The van der Waals surface area contributed by atoms with Gasteiger partial charge in [0.15, 0.2) is 0 Å². The van der Waals surface area contributed by atoms with Gasteiger partial charge in [-0.05, 0) is 13.8 Å². The second-order valence-electron chi connectivity index (χ2n) is 3.43. The number of carbonyl (C=O) groups is 2. The van der Waals surface area contributed by atoms with Crippen LogP contribution in [-0.2, 0) is 9.47 Å². The summed E-state index contributed by atoms with van der Waals surface area (Å²) in [5.41, 5.74) is 1.32. The zero-order valence-electron chi connectivity index (χ0n) is 10.2. The molecule has 1 atom stereocenters. The van der Waals surface area contributed by atoms with E-state index in [-0.39, 0.29) is 6.61 Å². The van der Waals surface area contributed by atoms with E-state index in [9.17, 15) is 9.59 Å². The van der Waals surface area contributed by atoms with Crippen molar-refractivity contribution < 1.29 is 29.3 Å². The van der Waals surface area contributed by atoms with Crippen LogP contribution in [0.2, 0.25) is 0 Å². The Morgan fingerprint density at radius 1 is 1.17 bits per heavy atom. The first-order chi connectivity index (χ1) is 8.41. The van der Waals surface area contributed by atoms with Crippen LogP contribution >= 0.6 is 0 Å². The lowest BCUT2D eigenvalue weighted by molar-refractivity contribution is 0.0122. The molecule has 0 radical (unpaired) electrons. The highest BCUT2D eigenvalue weighted by molar-refractivity contribution is 5.58. The average molecular weight is 256 g/mol. The first-order valence-corrected chi connectivity index (χ1v) is 5.18. The molecule has 1 rings (SSSR count). The molecule has 1 aromatic carbocycles. The third-order valence-corrected chi connectivity index (χ3v) is 1.68. The van der Waals surface area contributed by atoms with Crippen molar-refractivity contribution >= 4 is 12.3 Å². The Hall–Kier alpha value is -2.24. The predicted octanol–water partition coefficient (Wildman–Crippen LogP) is 2.76. The van der Waals surface area contributed by atoms with Crippen LogP contribution in [0.15, 0.2) is 30.3 Å². The van der Waals surface area contributed by atoms with Gasteiger partial charge in [0.05, 0.1) is 0 Å². The largest absolute Gasteiger partial charge is 0.506 e. The second kappa shape index (κ2) is 8.86. The molecule has 0 heterocycles. The third-order valence-electron chi connectivity index (χ3n) is 1.68. The van der Waals surface area contributed by atoms with Gasteiger partial charge in [0.25, 0.3) is 0 Å². The van der Waals surface area contributed by atoms with E-state index in [1.165, 1.54) is 12.5 Å². The molecule has 6 heteroatoms. The molecule has 0 aliphatic rings. The zero-order valence-corrected chi connectivity index (χ0v) is 10.2. The number of ether oxygens (including phenoxy) is 2.